The van der Waals surface area contributed by atoms with Crippen molar-refractivity contribution < 1.29 is 4.39 Å². The number of likely N-dealkylation sites (N-methyl/N-ethyl adjacent to an activating group) is 1. The Balaban J connectivity index is 1.65. The summed E-state index contributed by atoms with van der Waals surface area (Å²) in [5, 5.41) is 3.78. The average Bonchev–Trinajstić information content (AvgIpc) is 2.88. The van der Waals surface area contributed by atoms with Gasteiger partial charge in [0.25, 0.3) is 0 Å². The molecule has 1 heterocycles. The zero-order valence-corrected chi connectivity index (χ0v) is 12.3. The number of para-hydroxylation sites is 1. The molecule has 0 radical (unpaired) electrons. The minimum atomic E-state index is -0.107. The number of hydrogen-bond donors (Lipinski definition) is 1. The fourth-order valence-corrected chi connectivity index (χ4v) is 3.94. The summed E-state index contributed by atoms with van der Waals surface area (Å²) in [6.45, 7) is 3.88. The number of nitrogens with zero attached hydrogens (tertiary/aromatic N) is 1. The van der Waals surface area contributed by atoms with Crippen LogP contribution < -0.4 is 10.2 Å². The van der Waals surface area contributed by atoms with Crippen molar-refractivity contribution in [2.24, 2.45) is 5.92 Å². The quantitative estimate of drug-likeness (QED) is 0.904. The van der Waals surface area contributed by atoms with Crippen LogP contribution in [0.2, 0.25) is 0 Å². The normalized spacial score (nSPS) is 29.2. The maximum atomic E-state index is 13.9. The summed E-state index contributed by atoms with van der Waals surface area (Å²) in [4.78, 5) is 2.17. The Morgan fingerprint density at radius 3 is 2.80 bits per heavy atom. The van der Waals surface area contributed by atoms with Gasteiger partial charge in [-0.2, -0.15) is 0 Å². The minimum Gasteiger partial charge on any atom is -0.368 e. The smallest absolute Gasteiger partial charge is 0.146 e. The van der Waals surface area contributed by atoms with Crippen LogP contribution in [0.3, 0.4) is 0 Å². The lowest BCUT2D eigenvalue weighted by molar-refractivity contribution is 0.325. The Labute approximate surface area is 121 Å². The molecule has 3 heteroatoms. The molecule has 3 atom stereocenters. The first-order chi connectivity index (χ1) is 9.78. The van der Waals surface area contributed by atoms with Crippen molar-refractivity contribution >= 4 is 5.69 Å². The lowest BCUT2D eigenvalue weighted by Gasteiger charge is -2.27. The van der Waals surface area contributed by atoms with Crippen molar-refractivity contribution in [2.45, 2.75) is 51.1 Å². The monoisotopic (exact) mass is 276 g/mol. The van der Waals surface area contributed by atoms with Crippen LogP contribution in [-0.4, -0.2) is 25.2 Å². The van der Waals surface area contributed by atoms with Crippen LogP contribution in [0.5, 0.6) is 0 Å². The number of anilines is 1. The maximum absolute atomic E-state index is 13.9. The highest BCUT2D eigenvalue weighted by molar-refractivity contribution is 5.47. The van der Waals surface area contributed by atoms with Gasteiger partial charge in [-0.1, -0.05) is 25.0 Å². The summed E-state index contributed by atoms with van der Waals surface area (Å²) in [6.07, 6.45) is 6.72. The first kappa shape index (κ1) is 13.9. The second-order valence-corrected chi connectivity index (χ2v) is 6.24. The van der Waals surface area contributed by atoms with E-state index in [1.807, 2.05) is 12.1 Å². The fourth-order valence-electron chi connectivity index (χ4n) is 3.94. The molecule has 0 amide bonds. The largest absolute Gasteiger partial charge is 0.368 e. The van der Waals surface area contributed by atoms with Gasteiger partial charge in [-0.05, 0) is 44.2 Å². The second kappa shape index (κ2) is 6.13. The molecule has 1 N–H and O–H groups in total. The predicted octanol–water partition coefficient (Wildman–Crippen LogP) is 3.57. The Kier molecular flexibility index (Phi) is 4.25. The molecule has 1 aliphatic carbocycles. The maximum Gasteiger partial charge on any atom is 0.146 e. The molecule has 1 saturated heterocycles. The summed E-state index contributed by atoms with van der Waals surface area (Å²) >= 11 is 0. The molecule has 1 aromatic carbocycles. The highest BCUT2D eigenvalue weighted by Gasteiger charge is 2.35. The summed E-state index contributed by atoms with van der Waals surface area (Å²) < 4.78 is 13.9. The first-order valence-electron chi connectivity index (χ1n) is 8.03. The topological polar surface area (TPSA) is 15.3 Å². The van der Waals surface area contributed by atoms with Crippen LogP contribution in [0.15, 0.2) is 24.3 Å². The summed E-state index contributed by atoms with van der Waals surface area (Å²) in [5.41, 5.74) is 0.742. The van der Waals surface area contributed by atoms with Crippen LogP contribution >= 0.6 is 0 Å². The summed E-state index contributed by atoms with van der Waals surface area (Å²) in [7, 11) is 0. The lowest BCUT2D eigenvalue weighted by atomic mass is 9.85. The zero-order chi connectivity index (χ0) is 13.9. The van der Waals surface area contributed by atoms with Crippen LogP contribution in [0.4, 0.5) is 10.1 Å². The molecular weight excluding hydrogens is 251 g/mol. The van der Waals surface area contributed by atoms with Gasteiger partial charge in [0.05, 0.1) is 5.69 Å². The van der Waals surface area contributed by atoms with Crippen molar-refractivity contribution in [3.05, 3.63) is 30.1 Å². The highest BCUT2D eigenvalue weighted by Crippen LogP contribution is 2.33. The molecule has 1 aromatic rings. The van der Waals surface area contributed by atoms with Crippen LogP contribution in [-0.2, 0) is 0 Å². The van der Waals surface area contributed by atoms with E-state index < -0.39 is 0 Å². The average molecular weight is 276 g/mol. The number of fused-ring (bicyclic) bond motifs is 1. The highest BCUT2D eigenvalue weighted by atomic mass is 19.1. The van der Waals surface area contributed by atoms with Gasteiger partial charge in [-0.3, -0.25) is 0 Å². The van der Waals surface area contributed by atoms with Gasteiger partial charge in [0, 0.05) is 25.2 Å². The zero-order valence-electron chi connectivity index (χ0n) is 12.3. The number of nitrogens with one attached hydrogen (secondary N) is 1. The van der Waals surface area contributed by atoms with E-state index in [-0.39, 0.29) is 5.82 Å². The van der Waals surface area contributed by atoms with Gasteiger partial charge >= 0.3 is 0 Å². The van der Waals surface area contributed by atoms with Gasteiger partial charge in [0.1, 0.15) is 5.82 Å². The predicted molar refractivity (Wildman–Crippen MR) is 81.6 cm³/mol. The standard InChI is InChI=1S/C17H25FN2/c1-2-20(17-10-6-4-8-15(17)18)12-14-11-13-7-3-5-9-16(13)19-14/h4,6,8,10,13-14,16,19H,2-3,5,7,9,11-12H2,1H3. The number of hydrogen-bond acceptors (Lipinski definition) is 2. The van der Waals surface area contributed by atoms with E-state index in [4.69, 9.17) is 0 Å². The van der Waals surface area contributed by atoms with Gasteiger partial charge in [-0.15, -0.1) is 0 Å². The van der Waals surface area contributed by atoms with Crippen molar-refractivity contribution in [3.63, 3.8) is 0 Å². The fraction of sp³-hybridized carbons (Fsp3) is 0.647. The van der Waals surface area contributed by atoms with E-state index >= 15 is 0 Å². The van der Waals surface area contributed by atoms with Crippen LogP contribution in [0.25, 0.3) is 0 Å². The molecule has 0 spiro atoms. The van der Waals surface area contributed by atoms with E-state index in [2.05, 4.69) is 17.1 Å². The molecule has 3 rings (SSSR count). The Morgan fingerprint density at radius 2 is 2.05 bits per heavy atom. The molecular formula is C17H25FN2. The van der Waals surface area contributed by atoms with E-state index in [9.17, 15) is 4.39 Å². The number of halogens is 1. The van der Waals surface area contributed by atoms with Crippen molar-refractivity contribution in [2.75, 3.05) is 18.0 Å². The van der Waals surface area contributed by atoms with Gasteiger partial charge in [0.15, 0.2) is 0 Å². The van der Waals surface area contributed by atoms with Crippen molar-refractivity contribution in [1.82, 2.24) is 5.32 Å². The molecule has 0 bridgehead atoms. The number of benzene rings is 1. The third kappa shape index (κ3) is 2.83. The molecule has 2 nitrogen and oxygen atoms in total. The SMILES string of the molecule is CCN(CC1CC2CCCCC2N1)c1ccccc1F. The Bertz CT molecular complexity index is 434. The molecule has 2 fully saturated rings. The summed E-state index contributed by atoms with van der Waals surface area (Å²) in [6, 6.07) is 8.36. The van der Waals surface area contributed by atoms with Gasteiger partial charge in [-0.25, -0.2) is 4.39 Å². The van der Waals surface area contributed by atoms with E-state index in [0.717, 1.165) is 24.7 Å². The minimum absolute atomic E-state index is 0.107. The molecule has 3 unspecified atom stereocenters. The molecule has 2 aliphatic rings. The third-order valence-corrected chi connectivity index (χ3v) is 4.96. The Morgan fingerprint density at radius 1 is 1.25 bits per heavy atom. The lowest BCUT2D eigenvalue weighted by Crippen LogP contribution is -2.40. The molecule has 0 aromatic heterocycles. The van der Waals surface area contributed by atoms with E-state index in [1.54, 1.807) is 12.1 Å². The number of rotatable bonds is 4. The van der Waals surface area contributed by atoms with Crippen LogP contribution in [0.1, 0.15) is 39.0 Å². The summed E-state index contributed by atoms with van der Waals surface area (Å²) in [5.74, 6) is 0.748. The third-order valence-electron chi connectivity index (χ3n) is 4.96. The van der Waals surface area contributed by atoms with Crippen molar-refractivity contribution in [1.29, 1.82) is 0 Å². The molecule has 110 valence electrons. The van der Waals surface area contributed by atoms with Crippen LogP contribution in [0, 0.1) is 11.7 Å². The molecule has 20 heavy (non-hydrogen) atoms. The van der Waals surface area contributed by atoms with E-state index in [1.165, 1.54) is 32.1 Å². The van der Waals surface area contributed by atoms with Crippen molar-refractivity contribution in [3.8, 4) is 0 Å². The Hall–Kier alpha value is -1.09. The second-order valence-electron chi connectivity index (χ2n) is 6.24. The van der Waals surface area contributed by atoms with Gasteiger partial charge in [0.2, 0.25) is 0 Å². The first-order valence-corrected chi connectivity index (χ1v) is 8.03. The molecule has 1 saturated carbocycles. The van der Waals surface area contributed by atoms with Gasteiger partial charge < -0.3 is 10.2 Å². The molecule has 1 aliphatic heterocycles. The van der Waals surface area contributed by atoms with E-state index in [0.29, 0.717) is 12.1 Å².